The molecule has 0 aromatic heterocycles. The number of phenols is 1. The first kappa shape index (κ1) is 20.5. The highest BCUT2D eigenvalue weighted by Crippen LogP contribution is 2.42. The van der Waals surface area contributed by atoms with Gasteiger partial charge >= 0.3 is 0 Å². The standard InChI is InChI=1S/C23H25NO5/c1-5-10-24-19(15-6-8-16(25)9-7-15)18(21(27)23(24)28)20(26)17-12-13(2)11-14(3)22(17)29-4/h6-9,11-12,19,25-26H,5,10H2,1-4H3/b20-18+. The zero-order valence-corrected chi connectivity index (χ0v) is 17.0. The average molecular weight is 395 g/mol. The van der Waals surface area contributed by atoms with E-state index in [0.29, 0.717) is 29.8 Å². The predicted octanol–water partition coefficient (Wildman–Crippen LogP) is 3.85. The first-order chi connectivity index (χ1) is 13.8. The second-order valence-corrected chi connectivity index (χ2v) is 7.25. The van der Waals surface area contributed by atoms with Crippen molar-refractivity contribution >= 4 is 17.4 Å². The van der Waals surface area contributed by atoms with Gasteiger partial charge in [-0.05, 0) is 55.2 Å². The number of benzene rings is 2. The van der Waals surface area contributed by atoms with Crippen molar-refractivity contribution in [2.24, 2.45) is 0 Å². The van der Waals surface area contributed by atoms with Crippen LogP contribution in [-0.2, 0) is 9.59 Å². The number of Topliss-reactive ketones (excluding diaryl/α,β-unsaturated/α-hetero) is 1. The molecule has 2 aromatic rings. The average Bonchev–Trinajstić information content (AvgIpc) is 2.93. The van der Waals surface area contributed by atoms with Crippen molar-refractivity contribution in [3.05, 3.63) is 64.2 Å². The van der Waals surface area contributed by atoms with Crippen molar-refractivity contribution in [3.8, 4) is 11.5 Å². The van der Waals surface area contributed by atoms with E-state index in [0.717, 1.165) is 11.1 Å². The van der Waals surface area contributed by atoms with Crippen molar-refractivity contribution < 1.29 is 24.5 Å². The zero-order valence-electron chi connectivity index (χ0n) is 17.0. The van der Waals surface area contributed by atoms with E-state index in [1.165, 1.54) is 24.1 Å². The number of methoxy groups -OCH3 is 1. The van der Waals surface area contributed by atoms with Gasteiger partial charge in [-0.2, -0.15) is 0 Å². The number of aliphatic hydroxyl groups excluding tert-OH is 1. The summed E-state index contributed by atoms with van der Waals surface area (Å²) < 4.78 is 5.47. The van der Waals surface area contributed by atoms with Crippen LogP contribution in [0.2, 0.25) is 0 Å². The molecule has 3 rings (SSSR count). The number of likely N-dealkylation sites (tertiary alicyclic amines) is 1. The van der Waals surface area contributed by atoms with Crippen molar-refractivity contribution in [3.63, 3.8) is 0 Å². The molecule has 1 unspecified atom stereocenters. The topological polar surface area (TPSA) is 87.1 Å². The Morgan fingerprint density at radius 2 is 1.79 bits per heavy atom. The van der Waals surface area contributed by atoms with Gasteiger partial charge in [-0.3, -0.25) is 9.59 Å². The molecule has 1 saturated heterocycles. The smallest absolute Gasteiger partial charge is 0.295 e. The van der Waals surface area contributed by atoms with Crippen LogP contribution in [0.5, 0.6) is 11.5 Å². The Balaban J connectivity index is 2.27. The van der Waals surface area contributed by atoms with E-state index in [1.54, 1.807) is 18.2 Å². The maximum Gasteiger partial charge on any atom is 0.295 e. The third-order valence-corrected chi connectivity index (χ3v) is 5.09. The molecular weight excluding hydrogens is 370 g/mol. The third kappa shape index (κ3) is 3.58. The molecule has 1 aliphatic rings. The molecule has 0 spiro atoms. The summed E-state index contributed by atoms with van der Waals surface area (Å²) in [6.45, 7) is 6.03. The summed E-state index contributed by atoms with van der Waals surface area (Å²) in [5.41, 5.74) is 2.76. The van der Waals surface area contributed by atoms with Gasteiger partial charge in [0.2, 0.25) is 0 Å². The zero-order chi connectivity index (χ0) is 21.3. The summed E-state index contributed by atoms with van der Waals surface area (Å²) in [6.07, 6.45) is 0.661. The molecular formula is C23H25NO5. The van der Waals surface area contributed by atoms with E-state index in [1.807, 2.05) is 26.8 Å². The molecule has 1 aliphatic heterocycles. The highest BCUT2D eigenvalue weighted by Gasteiger charge is 2.46. The maximum absolute atomic E-state index is 12.9. The van der Waals surface area contributed by atoms with Gasteiger partial charge in [-0.25, -0.2) is 0 Å². The van der Waals surface area contributed by atoms with Gasteiger partial charge in [0.1, 0.15) is 17.3 Å². The highest BCUT2D eigenvalue weighted by molar-refractivity contribution is 6.46. The number of ether oxygens (including phenoxy) is 1. The molecule has 0 radical (unpaired) electrons. The third-order valence-electron chi connectivity index (χ3n) is 5.09. The molecule has 6 heteroatoms. The van der Waals surface area contributed by atoms with E-state index >= 15 is 0 Å². The van der Waals surface area contributed by atoms with E-state index < -0.39 is 17.7 Å². The number of ketones is 1. The van der Waals surface area contributed by atoms with Crippen LogP contribution in [0.15, 0.2) is 42.0 Å². The fourth-order valence-electron chi connectivity index (χ4n) is 3.90. The number of nitrogens with zero attached hydrogens (tertiary/aromatic N) is 1. The lowest BCUT2D eigenvalue weighted by atomic mass is 9.93. The largest absolute Gasteiger partial charge is 0.508 e. The lowest BCUT2D eigenvalue weighted by molar-refractivity contribution is -0.139. The molecule has 29 heavy (non-hydrogen) atoms. The lowest BCUT2D eigenvalue weighted by Crippen LogP contribution is -2.30. The Labute approximate surface area is 170 Å². The summed E-state index contributed by atoms with van der Waals surface area (Å²) in [4.78, 5) is 27.1. The fourth-order valence-corrected chi connectivity index (χ4v) is 3.90. The van der Waals surface area contributed by atoms with Crippen LogP contribution in [0.4, 0.5) is 0 Å². The summed E-state index contributed by atoms with van der Waals surface area (Å²) in [5.74, 6) is -1.09. The Hall–Kier alpha value is -3.28. The van der Waals surface area contributed by atoms with Gasteiger partial charge in [0.15, 0.2) is 0 Å². The number of carbonyl (C=O) groups excluding carboxylic acids is 2. The van der Waals surface area contributed by atoms with Crippen LogP contribution >= 0.6 is 0 Å². The van der Waals surface area contributed by atoms with E-state index in [9.17, 15) is 19.8 Å². The number of amides is 1. The molecule has 0 bridgehead atoms. The monoisotopic (exact) mass is 395 g/mol. The van der Waals surface area contributed by atoms with E-state index in [4.69, 9.17) is 4.74 Å². The van der Waals surface area contributed by atoms with E-state index in [-0.39, 0.29) is 17.1 Å². The number of aliphatic hydroxyl groups is 1. The van der Waals surface area contributed by atoms with Crippen LogP contribution in [0, 0.1) is 13.8 Å². The van der Waals surface area contributed by atoms with Crippen LogP contribution in [0.25, 0.3) is 5.76 Å². The highest BCUT2D eigenvalue weighted by atomic mass is 16.5. The normalized spacial score (nSPS) is 18.3. The molecule has 6 nitrogen and oxygen atoms in total. The molecule has 152 valence electrons. The molecule has 0 saturated carbocycles. The van der Waals surface area contributed by atoms with Gasteiger partial charge < -0.3 is 19.8 Å². The number of rotatable bonds is 5. The molecule has 2 N–H and O–H groups in total. The summed E-state index contributed by atoms with van der Waals surface area (Å²) in [6, 6.07) is 9.23. The number of carbonyl (C=O) groups is 2. The summed E-state index contributed by atoms with van der Waals surface area (Å²) >= 11 is 0. The van der Waals surface area contributed by atoms with E-state index in [2.05, 4.69) is 0 Å². The van der Waals surface area contributed by atoms with Crippen molar-refractivity contribution in [1.82, 2.24) is 4.90 Å². The van der Waals surface area contributed by atoms with Gasteiger partial charge in [0.05, 0.1) is 24.3 Å². The van der Waals surface area contributed by atoms with Crippen molar-refractivity contribution in [2.45, 2.75) is 33.2 Å². The summed E-state index contributed by atoms with van der Waals surface area (Å²) in [5, 5.41) is 20.8. The predicted molar refractivity (Wildman–Crippen MR) is 110 cm³/mol. The van der Waals surface area contributed by atoms with Crippen LogP contribution in [0.3, 0.4) is 0 Å². The van der Waals surface area contributed by atoms with Crippen molar-refractivity contribution in [2.75, 3.05) is 13.7 Å². The minimum atomic E-state index is -0.735. The first-order valence-electron chi connectivity index (χ1n) is 9.53. The molecule has 1 fully saturated rings. The Bertz CT molecular complexity index is 991. The first-order valence-corrected chi connectivity index (χ1v) is 9.53. The molecule has 1 heterocycles. The molecule has 2 aromatic carbocycles. The van der Waals surface area contributed by atoms with Crippen LogP contribution in [0.1, 0.15) is 41.6 Å². The Kier molecular flexibility index (Phi) is 5.64. The second-order valence-electron chi connectivity index (χ2n) is 7.25. The minimum absolute atomic E-state index is 0.0254. The molecule has 1 amide bonds. The quantitative estimate of drug-likeness (QED) is 0.456. The van der Waals surface area contributed by atoms with Crippen LogP contribution in [-0.4, -0.2) is 40.5 Å². The fraction of sp³-hybridized carbons (Fsp3) is 0.304. The molecule has 1 atom stereocenters. The second kappa shape index (κ2) is 7.99. The van der Waals surface area contributed by atoms with Crippen molar-refractivity contribution in [1.29, 1.82) is 0 Å². The van der Waals surface area contributed by atoms with Crippen LogP contribution < -0.4 is 4.74 Å². The van der Waals surface area contributed by atoms with Gasteiger partial charge in [-0.15, -0.1) is 0 Å². The van der Waals surface area contributed by atoms with Gasteiger partial charge in [0.25, 0.3) is 11.7 Å². The Morgan fingerprint density at radius 1 is 1.14 bits per heavy atom. The number of phenolic OH excluding ortho intramolecular Hbond substituents is 1. The maximum atomic E-state index is 12.9. The number of hydrogen-bond acceptors (Lipinski definition) is 5. The number of hydrogen-bond donors (Lipinski definition) is 2. The molecule has 0 aliphatic carbocycles. The summed E-state index contributed by atoms with van der Waals surface area (Å²) in [7, 11) is 1.50. The number of aromatic hydroxyl groups is 1. The minimum Gasteiger partial charge on any atom is -0.508 e. The van der Waals surface area contributed by atoms with Gasteiger partial charge in [-0.1, -0.05) is 25.1 Å². The number of aryl methyl sites for hydroxylation is 2. The Morgan fingerprint density at radius 3 is 2.38 bits per heavy atom. The lowest BCUT2D eigenvalue weighted by Gasteiger charge is -2.25. The SMILES string of the molecule is CCCN1C(=O)C(=O)/C(=C(/O)c2cc(C)cc(C)c2OC)C1c1ccc(O)cc1. The van der Waals surface area contributed by atoms with Gasteiger partial charge in [0, 0.05) is 6.54 Å².